The first-order valence-electron chi connectivity index (χ1n) is 16.8. The molecule has 1 aliphatic heterocycles. The van der Waals surface area contributed by atoms with E-state index in [-0.39, 0.29) is 6.10 Å². The standard InChI is InChI=1S/C33H40ClN11O3S/c1-23(20-44-22-38-41-42-44)48-30-17-24(4-9-28(30)34)25-18-36-33(37-19-25)39-29-21-45(40-32(29)47-13-2-3-31-35-10-16-49-31)27-7-5-26(6-8-27)43-11-14-46-15-12-43/h4,9-10,16-19,21-23,26-27H,2-3,5-8,11-15,20H2,1H3,(H,36,37,39)/t23-,26-,27-/m0/s1. The average molecular weight is 706 g/mol. The maximum Gasteiger partial charge on any atom is 0.256 e. The van der Waals surface area contributed by atoms with Crippen LogP contribution in [-0.2, 0) is 17.7 Å². The van der Waals surface area contributed by atoms with Crippen molar-refractivity contribution < 1.29 is 14.2 Å². The van der Waals surface area contributed by atoms with Gasteiger partial charge < -0.3 is 19.5 Å². The van der Waals surface area contributed by atoms with Gasteiger partial charge in [-0.3, -0.25) is 9.58 Å². The lowest BCUT2D eigenvalue weighted by atomic mass is 9.90. The number of thiazole rings is 1. The molecule has 5 aromatic rings. The quantitative estimate of drug-likeness (QED) is 0.146. The molecular formula is C33H40ClN11O3S. The summed E-state index contributed by atoms with van der Waals surface area (Å²) in [7, 11) is 0. The molecule has 0 unspecified atom stereocenters. The van der Waals surface area contributed by atoms with Gasteiger partial charge in [0, 0.05) is 55.1 Å². The molecule has 1 aromatic carbocycles. The van der Waals surface area contributed by atoms with Gasteiger partial charge in [0.2, 0.25) is 5.95 Å². The number of ether oxygens (including phenoxy) is 3. The summed E-state index contributed by atoms with van der Waals surface area (Å²) in [6.45, 7) is 6.67. The number of aromatic nitrogens is 9. The van der Waals surface area contributed by atoms with Gasteiger partial charge in [-0.05, 0) is 67.2 Å². The number of hydrogen-bond donors (Lipinski definition) is 1. The molecule has 0 spiro atoms. The summed E-state index contributed by atoms with van der Waals surface area (Å²) in [5.41, 5.74) is 2.45. The molecule has 258 valence electrons. The SMILES string of the molecule is C[C@@H](Cn1cnnn1)Oc1cc(-c2cnc(Nc3cn([C@H]4CC[C@H](N5CCOCC5)CC4)nc3OCCCc3nccs3)nc2)ccc1Cl. The number of nitrogens with one attached hydrogen (secondary N) is 1. The zero-order valence-electron chi connectivity index (χ0n) is 27.4. The molecule has 2 aliphatic rings. The summed E-state index contributed by atoms with van der Waals surface area (Å²) in [6.07, 6.45) is 14.9. The van der Waals surface area contributed by atoms with E-state index < -0.39 is 0 Å². The van der Waals surface area contributed by atoms with Gasteiger partial charge in [0.25, 0.3) is 5.88 Å². The van der Waals surface area contributed by atoms with Gasteiger partial charge in [-0.1, -0.05) is 17.7 Å². The van der Waals surface area contributed by atoms with Crippen LogP contribution in [-0.4, -0.2) is 94.9 Å². The molecule has 1 N–H and O–H groups in total. The predicted octanol–water partition coefficient (Wildman–Crippen LogP) is 5.48. The van der Waals surface area contributed by atoms with Gasteiger partial charge >= 0.3 is 0 Å². The van der Waals surface area contributed by atoms with Gasteiger partial charge in [0.1, 0.15) is 23.9 Å². The molecule has 0 radical (unpaired) electrons. The first-order valence-corrected chi connectivity index (χ1v) is 18.0. The van der Waals surface area contributed by atoms with Gasteiger partial charge in [-0.25, -0.2) is 19.6 Å². The Morgan fingerprint density at radius 3 is 2.63 bits per heavy atom. The van der Waals surface area contributed by atoms with Crippen LogP contribution in [0.4, 0.5) is 11.6 Å². The Balaban J connectivity index is 1.02. The van der Waals surface area contributed by atoms with Gasteiger partial charge in [-0.2, -0.15) is 0 Å². The zero-order chi connectivity index (χ0) is 33.4. The van der Waals surface area contributed by atoms with E-state index in [1.54, 1.807) is 34.7 Å². The Labute approximate surface area is 293 Å². The molecule has 1 aliphatic carbocycles. The van der Waals surface area contributed by atoms with E-state index in [0.29, 0.717) is 47.8 Å². The van der Waals surface area contributed by atoms with Crippen molar-refractivity contribution in [2.45, 2.75) is 70.2 Å². The van der Waals surface area contributed by atoms with Crippen LogP contribution in [0.25, 0.3) is 11.1 Å². The number of hydrogen-bond acceptors (Lipinski definition) is 13. The Morgan fingerprint density at radius 2 is 1.88 bits per heavy atom. The van der Waals surface area contributed by atoms with E-state index in [9.17, 15) is 0 Å². The monoisotopic (exact) mass is 705 g/mol. The number of morpholine rings is 1. The minimum atomic E-state index is -0.205. The minimum absolute atomic E-state index is 0.205. The highest BCUT2D eigenvalue weighted by molar-refractivity contribution is 7.09. The highest BCUT2D eigenvalue weighted by Gasteiger charge is 2.29. The average Bonchev–Trinajstić information content (AvgIpc) is 3.92. The van der Waals surface area contributed by atoms with E-state index in [2.05, 4.69) is 45.4 Å². The van der Waals surface area contributed by atoms with Crippen molar-refractivity contribution in [1.29, 1.82) is 0 Å². The fraction of sp³-hybridized carbons (Fsp3) is 0.485. The molecule has 0 bridgehead atoms. The van der Waals surface area contributed by atoms with E-state index >= 15 is 0 Å². The molecular weight excluding hydrogens is 666 g/mol. The fourth-order valence-corrected chi connectivity index (χ4v) is 7.20. The molecule has 5 heterocycles. The summed E-state index contributed by atoms with van der Waals surface area (Å²) >= 11 is 8.13. The molecule has 0 amide bonds. The third-order valence-electron chi connectivity index (χ3n) is 8.88. The minimum Gasteiger partial charge on any atom is -0.487 e. The van der Waals surface area contributed by atoms with Crippen LogP contribution >= 0.6 is 22.9 Å². The van der Waals surface area contributed by atoms with Crippen molar-refractivity contribution in [2.24, 2.45) is 0 Å². The summed E-state index contributed by atoms with van der Waals surface area (Å²) in [4.78, 5) is 16.2. The van der Waals surface area contributed by atoms with Crippen molar-refractivity contribution in [1.82, 2.24) is 49.8 Å². The van der Waals surface area contributed by atoms with Crippen LogP contribution in [0.15, 0.2) is 54.7 Å². The van der Waals surface area contributed by atoms with Crippen molar-refractivity contribution >= 4 is 34.6 Å². The smallest absolute Gasteiger partial charge is 0.256 e. The van der Waals surface area contributed by atoms with Crippen molar-refractivity contribution in [3.05, 3.63) is 64.7 Å². The van der Waals surface area contributed by atoms with Crippen LogP contribution in [0, 0.1) is 0 Å². The lowest BCUT2D eigenvalue weighted by Gasteiger charge is -2.38. The maximum absolute atomic E-state index is 6.47. The van der Waals surface area contributed by atoms with Gasteiger partial charge in [0.05, 0.1) is 48.6 Å². The van der Waals surface area contributed by atoms with Crippen LogP contribution < -0.4 is 14.8 Å². The largest absolute Gasteiger partial charge is 0.487 e. The molecule has 1 saturated heterocycles. The summed E-state index contributed by atoms with van der Waals surface area (Å²) in [5.74, 6) is 1.56. The molecule has 1 atom stereocenters. The fourth-order valence-electron chi connectivity index (χ4n) is 6.37. The third kappa shape index (κ3) is 8.71. The Bertz CT molecular complexity index is 1740. The van der Waals surface area contributed by atoms with Crippen molar-refractivity contribution in [3.63, 3.8) is 0 Å². The summed E-state index contributed by atoms with van der Waals surface area (Å²) < 4.78 is 21.6. The van der Waals surface area contributed by atoms with Gasteiger partial charge in [0.15, 0.2) is 0 Å². The lowest BCUT2D eigenvalue weighted by Crippen LogP contribution is -2.45. The Morgan fingerprint density at radius 1 is 1.06 bits per heavy atom. The Kier molecular flexibility index (Phi) is 10.9. The van der Waals surface area contributed by atoms with E-state index in [1.165, 1.54) is 0 Å². The van der Waals surface area contributed by atoms with Crippen molar-refractivity contribution in [2.75, 3.05) is 38.2 Å². The number of benzene rings is 1. The van der Waals surface area contributed by atoms with E-state index in [0.717, 1.165) is 86.7 Å². The van der Waals surface area contributed by atoms with E-state index in [4.69, 9.17) is 30.9 Å². The van der Waals surface area contributed by atoms with Crippen molar-refractivity contribution in [3.8, 4) is 22.8 Å². The first kappa shape index (κ1) is 33.3. The van der Waals surface area contributed by atoms with E-state index in [1.807, 2.05) is 42.9 Å². The topological polar surface area (TPSA) is 143 Å². The Hall–Kier alpha value is -4.18. The number of rotatable bonds is 14. The highest BCUT2D eigenvalue weighted by atomic mass is 35.5. The molecule has 49 heavy (non-hydrogen) atoms. The maximum atomic E-state index is 6.47. The number of tetrazole rings is 1. The first-order chi connectivity index (χ1) is 24.1. The normalized spacial score (nSPS) is 19.1. The predicted molar refractivity (Wildman–Crippen MR) is 186 cm³/mol. The number of anilines is 2. The number of nitrogens with zero attached hydrogens (tertiary/aromatic N) is 10. The molecule has 2 fully saturated rings. The molecule has 16 heteroatoms. The third-order valence-corrected chi connectivity index (χ3v) is 10.0. The van der Waals surface area contributed by atoms with Crippen LogP contribution in [0.5, 0.6) is 11.6 Å². The molecule has 7 rings (SSSR count). The second-order valence-electron chi connectivity index (χ2n) is 12.3. The molecule has 14 nitrogen and oxygen atoms in total. The second-order valence-corrected chi connectivity index (χ2v) is 13.7. The number of halogens is 1. The number of aryl methyl sites for hydroxylation is 1. The van der Waals surface area contributed by atoms with Gasteiger partial charge in [-0.15, -0.1) is 21.5 Å². The molecule has 1 saturated carbocycles. The summed E-state index contributed by atoms with van der Waals surface area (Å²) in [5, 5.41) is 23.1. The van der Waals surface area contributed by atoms with Crippen LogP contribution in [0.1, 0.15) is 50.1 Å². The molecule has 4 aromatic heterocycles. The second kappa shape index (κ2) is 16.0. The summed E-state index contributed by atoms with van der Waals surface area (Å²) in [6, 6.07) is 6.54. The highest BCUT2D eigenvalue weighted by Crippen LogP contribution is 2.35. The lowest BCUT2D eigenvalue weighted by molar-refractivity contribution is 0.00503. The van der Waals surface area contributed by atoms with Crippen LogP contribution in [0.3, 0.4) is 0 Å². The zero-order valence-corrected chi connectivity index (χ0v) is 29.0. The van der Waals surface area contributed by atoms with Crippen LogP contribution in [0.2, 0.25) is 5.02 Å².